The number of carbonyl (C=O) groups is 1. The zero-order valence-electron chi connectivity index (χ0n) is 15.7. The van der Waals surface area contributed by atoms with Crippen LogP contribution in [0.3, 0.4) is 0 Å². The van der Waals surface area contributed by atoms with Crippen LogP contribution in [-0.4, -0.2) is 31.8 Å². The highest BCUT2D eigenvalue weighted by atomic mass is 16.3. The molecule has 3 heterocycles. The smallest absolute Gasteiger partial charge is 0.266 e. The van der Waals surface area contributed by atoms with Crippen LogP contribution < -0.4 is 16.4 Å². The van der Waals surface area contributed by atoms with Gasteiger partial charge in [0.25, 0.3) is 11.1 Å². The highest BCUT2D eigenvalue weighted by Gasteiger charge is 2.09. The van der Waals surface area contributed by atoms with E-state index in [-0.39, 0.29) is 42.6 Å². The number of hydrogen-bond donors (Lipinski definition) is 1. The molecule has 1 N–H and O–H groups in total. The van der Waals surface area contributed by atoms with Gasteiger partial charge in [0.05, 0.1) is 24.8 Å². The van der Waals surface area contributed by atoms with Gasteiger partial charge in [-0.25, -0.2) is 9.67 Å². The Morgan fingerprint density at radius 3 is 2.71 bits per heavy atom. The summed E-state index contributed by atoms with van der Waals surface area (Å²) in [7, 11) is 0. The average Bonchev–Trinajstić information content (AvgIpc) is 3.19. The lowest BCUT2D eigenvalue weighted by atomic mass is 10.1. The van der Waals surface area contributed by atoms with Crippen molar-refractivity contribution >= 4 is 5.91 Å². The van der Waals surface area contributed by atoms with Crippen molar-refractivity contribution in [2.75, 3.05) is 6.54 Å². The molecule has 0 aliphatic rings. The van der Waals surface area contributed by atoms with Gasteiger partial charge in [0.1, 0.15) is 12.2 Å². The van der Waals surface area contributed by atoms with Crippen LogP contribution in [0.15, 0.2) is 56.9 Å². The van der Waals surface area contributed by atoms with E-state index >= 15 is 0 Å². The number of furan rings is 1. The van der Waals surface area contributed by atoms with Crippen molar-refractivity contribution in [1.82, 2.24) is 24.6 Å². The van der Waals surface area contributed by atoms with E-state index in [0.717, 1.165) is 0 Å². The molecule has 0 saturated carbocycles. The highest BCUT2D eigenvalue weighted by molar-refractivity contribution is 5.75. The largest absolute Gasteiger partial charge is 0.463 e. The molecular formula is C19H21N5O4. The number of rotatable bonds is 7. The van der Waals surface area contributed by atoms with E-state index in [0.29, 0.717) is 17.1 Å². The average molecular weight is 383 g/mol. The summed E-state index contributed by atoms with van der Waals surface area (Å²) in [6, 6.07) is 7.89. The maximum atomic E-state index is 12.1. The lowest BCUT2D eigenvalue weighted by Crippen LogP contribution is -2.36. The number of nitrogens with one attached hydrogen (secondary N) is 1. The summed E-state index contributed by atoms with van der Waals surface area (Å²) in [5.41, 5.74) is 0.648. The summed E-state index contributed by atoms with van der Waals surface area (Å²) in [6.45, 7) is 4.13. The number of amides is 1. The van der Waals surface area contributed by atoms with Crippen molar-refractivity contribution in [2.45, 2.75) is 32.9 Å². The number of hydrogen-bond acceptors (Lipinski definition) is 6. The van der Waals surface area contributed by atoms with Gasteiger partial charge in [0, 0.05) is 18.7 Å². The van der Waals surface area contributed by atoms with Crippen LogP contribution in [0.25, 0.3) is 11.5 Å². The predicted octanol–water partition coefficient (Wildman–Crippen LogP) is 1.000. The molecule has 3 aromatic heterocycles. The highest BCUT2D eigenvalue weighted by Crippen LogP contribution is 2.14. The van der Waals surface area contributed by atoms with Crippen LogP contribution in [0, 0.1) is 0 Å². The third kappa shape index (κ3) is 4.61. The molecular weight excluding hydrogens is 362 g/mol. The first-order chi connectivity index (χ1) is 13.4. The fraction of sp³-hybridized carbons (Fsp3) is 0.316. The molecule has 0 radical (unpaired) electrons. The molecule has 0 spiro atoms. The maximum absolute atomic E-state index is 12.1. The van der Waals surface area contributed by atoms with Crippen LogP contribution in [0.4, 0.5) is 0 Å². The van der Waals surface area contributed by atoms with Crippen LogP contribution >= 0.6 is 0 Å². The Labute approximate surface area is 160 Å². The molecule has 3 rings (SSSR count). The molecule has 146 valence electrons. The van der Waals surface area contributed by atoms with Crippen molar-refractivity contribution < 1.29 is 9.21 Å². The van der Waals surface area contributed by atoms with Gasteiger partial charge in [-0.3, -0.25) is 19.0 Å². The van der Waals surface area contributed by atoms with Crippen molar-refractivity contribution in [3.8, 4) is 11.5 Å². The lowest BCUT2D eigenvalue weighted by molar-refractivity contribution is -0.121. The molecule has 28 heavy (non-hydrogen) atoms. The lowest BCUT2D eigenvalue weighted by Gasteiger charge is -2.10. The first-order valence-electron chi connectivity index (χ1n) is 8.89. The molecule has 0 atom stereocenters. The predicted molar refractivity (Wildman–Crippen MR) is 102 cm³/mol. The van der Waals surface area contributed by atoms with E-state index < -0.39 is 0 Å². The quantitative estimate of drug-likeness (QED) is 0.651. The van der Waals surface area contributed by atoms with Crippen molar-refractivity contribution in [2.24, 2.45) is 0 Å². The molecule has 9 nitrogen and oxygen atoms in total. The van der Waals surface area contributed by atoms with E-state index in [2.05, 4.69) is 15.4 Å². The van der Waals surface area contributed by atoms with Gasteiger partial charge in [-0.05, 0) is 24.1 Å². The first-order valence-corrected chi connectivity index (χ1v) is 8.89. The van der Waals surface area contributed by atoms with E-state index in [4.69, 9.17) is 4.42 Å². The molecule has 0 unspecified atom stereocenters. The fourth-order valence-corrected chi connectivity index (χ4v) is 2.55. The van der Waals surface area contributed by atoms with Crippen LogP contribution in [-0.2, 0) is 17.9 Å². The molecule has 0 saturated heterocycles. The SMILES string of the molecule is CC(C)c1cc(=O)n(CC(=O)NCCn2nc(-c3ccco3)ccc2=O)cn1. The second-order valence-electron chi connectivity index (χ2n) is 6.54. The van der Waals surface area contributed by atoms with Gasteiger partial charge in [0.15, 0.2) is 5.76 Å². The minimum absolute atomic E-state index is 0.138. The molecule has 9 heteroatoms. The van der Waals surface area contributed by atoms with E-state index in [1.165, 1.54) is 34.0 Å². The summed E-state index contributed by atoms with van der Waals surface area (Å²) in [5, 5.41) is 6.91. The van der Waals surface area contributed by atoms with Gasteiger partial charge in [-0.15, -0.1) is 0 Å². The molecule has 0 bridgehead atoms. The Kier molecular flexibility index (Phi) is 5.83. The van der Waals surface area contributed by atoms with E-state index in [1.54, 1.807) is 18.2 Å². The Hall–Kier alpha value is -3.49. The van der Waals surface area contributed by atoms with Gasteiger partial charge >= 0.3 is 0 Å². The number of aromatic nitrogens is 4. The van der Waals surface area contributed by atoms with Crippen LogP contribution in [0.1, 0.15) is 25.5 Å². The third-order valence-electron chi connectivity index (χ3n) is 4.09. The Morgan fingerprint density at radius 2 is 2.04 bits per heavy atom. The molecule has 3 aromatic rings. The monoisotopic (exact) mass is 383 g/mol. The van der Waals surface area contributed by atoms with Crippen molar-refractivity contribution in [3.05, 3.63) is 69.3 Å². The Balaban J connectivity index is 1.58. The molecule has 0 aromatic carbocycles. The molecule has 0 fully saturated rings. The summed E-state index contributed by atoms with van der Waals surface area (Å²) >= 11 is 0. The second-order valence-corrected chi connectivity index (χ2v) is 6.54. The Morgan fingerprint density at radius 1 is 1.21 bits per heavy atom. The maximum Gasteiger partial charge on any atom is 0.266 e. The van der Waals surface area contributed by atoms with E-state index in [1.807, 2.05) is 13.8 Å². The summed E-state index contributed by atoms with van der Waals surface area (Å²) < 4.78 is 7.76. The van der Waals surface area contributed by atoms with Gasteiger partial charge in [-0.2, -0.15) is 5.10 Å². The standard InChI is InChI=1S/C19H21N5O4/c1-13(2)15-10-19(27)23(12-21-15)11-17(25)20-7-8-24-18(26)6-5-14(22-24)16-4-3-9-28-16/h3-6,9-10,12-13H,7-8,11H2,1-2H3,(H,20,25). The van der Waals surface area contributed by atoms with Crippen molar-refractivity contribution in [3.63, 3.8) is 0 Å². The van der Waals surface area contributed by atoms with E-state index in [9.17, 15) is 14.4 Å². The minimum atomic E-state index is -0.351. The molecule has 0 aliphatic carbocycles. The first kappa shape index (κ1) is 19.3. The number of carbonyl (C=O) groups excluding carboxylic acids is 1. The van der Waals surface area contributed by atoms with Crippen LogP contribution in [0.2, 0.25) is 0 Å². The van der Waals surface area contributed by atoms with Gasteiger partial charge in [-0.1, -0.05) is 13.8 Å². The summed E-state index contributed by atoms with van der Waals surface area (Å²) in [4.78, 5) is 40.3. The third-order valence-corrected chi connectivity index (χ3v) is 4.09. The van der Waals surface area contributed by atoms with Crippen LogP contribution in [0.5, 0.6) is 0 Å². The second kappa shape index (κ2) is 8.47. The van der Waals surface area contributed by atoms with Crippen molar-refractivity contribution in [1.29, 1.82) is 0 Å². The summed E-state index contributed by atoms with van der Waals surface area (Å²) in [6.07, 6.45) is 2.90. The summed E-state index contributed by atoms with van der Waals surface area (Å²) in [5.74, 6) is 0.338. The molecule has 1 amide bonds. The fourth-order valence-electron chi connectivity index (χ4n) is 2.55. The number of nitrogens with zero attached hydrogens (tertiary/aromatic N) is 4. The zero-order chi connectivity index (χ0) is 20.1. The zero-order valence-corrected chi connectivity index (χ0v) is 15.7. The normalized spacial score (nSPS) is 11.0. The molecule has 0 aliphatic heterocycles. The van der Waals surface area contributed by atoms with Gasteiger partial charge in [0.2, 0.25) is 5.91 Å². The Bertz CT molecular complexity index is 1070. The topological polar surface area (TPSA) is 112 Å². The van der Waals surface area contributed by atoms with Gasteiger partial charge < -0.3 is 9.73 Å². The minimum Gasteiger partial charge on any atom is -0.463 e.